The average molecular weight is 294 g/mol. The number of rotatable bonds is 4. The van der Waals surface area contributed by atoms with E-state index in [4.69, 9.17) is 11.6 Å². The molecular formula is C16H20ClNS. The predicted octanol–water partition coefficient (Wildman–Crippen LogP) is 4.83. The van der Waals surface area contributed by atoms with Crippen molar-refractivity contribution in [1.29, 1.82) is 0 Å². The van der Waals surface area contributed by atoms with E-state index in [9.17, 15) is 0 Å². The van der Waals surface area contributed by atoms with E-state index >= 15 is 0 Å². The van der Waals surface area contributed by atoms with Crippen LogP contribution in [0.5, 0.6) is 0 Å². The van der Waals surface area contributed by atoms with E-state index in [1.54, 1.807) is 11.3 Å². The van der Waals surface area contributed by atoms with Gasteiger partial charge in [-0.15, -0.1) is 11.3 Å². The topological polar surface area (TPSA) is 12.0 Å². The first-order chi connectivity index (χ1) is 9.02. The van der Waals surface area contributed by atoms with Crippen molar-refractivity contribution in [2.45, 2.75) is 33.2 Å². The van der Waals surface area contributed by atoms with Crippen LogP contribution in [0.15, 0.2) is 23.6 Å². The summed E-state index contributed by atoms with van der Waals surface area (Å²) in [5, 5.41) is 6.44. The third-order valence-corrected chi connectivity index (χ3v) is 5.35. The van der Waals surface area contributed by atoms with E-state index in [-0.39, 0.29) is 6.04 Å². The minimum Gasteiger partial charge on any atom is -0.312 e. The van der Waals surface area contributed by atoms with Crippen LogP contribution in [-0.4, -0.2) is 7.05 Å². The van der Waals surface area contributed by atoms with Crippen molar-refractivity contribution < 1.29 is 0 Å². The Hall–Kier alpha value is -0.830. The van der Waals surface area contributed by atoms with Gasteiger partial charge >= 0.3 is 0 Å². The van der Waals surface area contributed by atoms with Crippen molar-refractivity contribution >= 4 is 22.9 Å². The number of nitrogens with one attached hydrogen (secondary N) is 1. The second kappa shape index (κ2) is 6.08. The number of hydrogen-bond acceptors (Lipinski definition) is 2. The van der Waals surface area contributed by atoms with E-state index < -0.39 is 0 Å². The summed E-state index contributed by atoms with van der Waals surface area (Å²) < 4.78 is 0. The number of likely N-dealkylation sites (N-methyl/N-ethyl adjacent to an activating group) is 1. The molecule has 0 spiro atoms. The number of thiophene rings is 1. The Morgan fingerprint density at radius 3 is 2.53 bits per heavy atom. The fourth-order valence-corrected chi connectivity index (χ4v) is 3.69. The molecule has 0 aliphatic heterocycles. The Morgan fingerprint density at radius 1 is 1.21 bits per heavy atom. The maximum absolute atomic E-state index is 6.39. The van der Waals surface area contributed by atoms with Crippen LogP contribution >= 0.6 is 22.9 Å². The van der Waals surface area contributed by atoms with E-state index in [1.807, 2.05) is 7.05 Å². The molecule has 1 aromatic carbocycles. The number of halogens is 1. The fourth-order valence-electron chi connectivity index (χ4n) is 2.25. The first kappa shape index (κ1) is 14.6. The van der Waals surface area contributed by atoms with Crippen LogP contribution < -0.4 is 5.32 Å². The first-order valence-corrected chi connectivity index (χ1v) is 7.75. The van der Waals surface area contributed by atoms with Crippen molar-refractivity contribution in [3.05, 3.63) is 55.7 Å². The van der Waals surface area contributed by atoms with Crippen molar-refractivity contribution in [3.8, 4) is 0 Å². The largest absolute Gasteiger partial charge is 0.312 e. The summed E-state index contributed by atoms with van der Waals surface area (Å²) in [6, 6.07) is 6.91. The lowest BCUT2D eigenvalue weighted by atomic mass is 9.98. The lowest BCUT2D eigenvalue weighted by Gasteiger charge is -2.17. The third kappa shape index (κ3) is 3.19. The maximum Gasteiger partial charge on any atom is 0.0590 e. The van der Waals surface area contributed by atoms with E-state index in [0.717, 1.165) is 11.4 Å². The average Bonchev–Trinajstić information content (AvgIpc) is 2.71. The van der Waals surface area contributed by atoms with Gasteiger partial charge in [0.15, 0.2) is 0 Å². The van der Waals surface area contributed by atoms with Crippen LogP contribution in [0.2, 0.25) is 5.02 Å². The Labute approximate surface area is 124 Å². The summed E-state index contributed by atoms with van der Waals surface area (Å²) >= 11 is 8.13. The molecule has 0 saturated heterocycles. The van der Waals surface area contributed by atoms with Crippen molar-refractivity contribution in [2.24, 2.45) is 0 Å². The normalized spacial score (nSPS) is 12.7. The highest BCUT2D eigenvalue weighted by atomic mass is 35.5. The number of aryl methyl sites for hydroxylation is 3. The van der Waals surface area contributed by atoms with Gasteiger partial charge in [0.25, 0.3) is 0 Å². The third-order valence-electron chi connectivity index (χ3n) is 3.52. The maximum atomic E-state index is 6.39. The Morgan fingerprint density at radius 2 is 1.95 bits per heavy atom. The Balaban J connectivity index is 2.29. The van der Waals surface area contributed by atoms with Gasteiger partial charge in [0.2, 0.25) is 0 Å². The van der Waals surface area contributed by atoms with E-state index in [1.165, 1.54) is 27.1 Å². The highest BCUT2D eigenvalue weighted by molar-refractivity contribution is 7.10. The second-order valence-corrected chi connectivity index (χ2v) is 6.36. The molecule has 0 radical (unpaired) electrons. The summed E-state index contributed by atoms with van der Waals surface area (Å²) in [6.07, 6.45) is 0.976. The standard InChI is InChI=1S/C16H20ClNS/c1-10-5-6-11(2)13(7-10)8-14(18-4)16-15(17)12(3)9-19-16/h5-7,9,14,18H,8H2,1-4H3. The van der Waals surface area contributed by atoms with Crippen LogP contribution in [0.25, 0.3) is 0 Å². The summed E-state index contributed by atoms with van der Waals surface area (Å²) in [5.74, 6) is 0. The minimum atomic E-state index is 0.284. The first-order valence-electron chi connectivity index (χ1n) is 6.49. The lowest BCUT2D eigenvalue weighted by molar-refractivity contribution is 0.600. The zero-order chi connectivity index (χ0) is 14.0. The molecule has 1 nitrogen and oxygen atoms in total. The van der Waals surface area contributed by atoms with Gasteiger partial charge in [0, 0.05) is 10.9 Å². The summed E-state index contributed by atoms with van der Waals surface area (Å²) in [5.41, 5.74) is 5.21. The summed E-state index contributed by atoms with van der Waals surface area (Å²) in [7, 11) is 2.00. The van der Waals surface area contributed by atoms with Gasteiger partial charge in [0.05, 0.1) is 5.02 Å². The van der Waals surface area contributed by atoms with Gasteiger partial charge in [0.1, 0.15) is 0 Å². The van der Waals surface area contributed by atoms with Gasteiger partial charge < -0.3 is 5.32 Å². The van der Waals surface area contributed by atoms with E-state index in [2.05, 4.69) is 49.7 Å². The molecule has 2 rings (SSSR count). The zero-order valence-electron chi connectivity index (χ0n) is 11.9. The number of hydrogen-bond donors (Lipinski definition) is 1. The Kier molecular flexibility index (Phi) is 4.67. The van der Waals surface area contributed by atoms with Gasteiger partial charge in [-0.1, -0.05) is 35.4 Å². The highest BCUT2D eigenvalue weighted by Crippen LogP contribution is 2.34. The number of benzene rings is 1. The van der Waals surface area contributed by atoms with Crippen LogP contribution in [0, 0.1) is 20.8 Å². The molecule has 1 atom stereocenters. The SMILES string of the molecule is CNC(Cc1cc(C)ccc1C)c1scc(C)c1Cl. The minimum absolute atomic E-state index is 0.284. The molecule has 1 unspecified atom stereocenters. The zero-order valence-corrected chi connectivity index (χ0v) is 13.5. The van der Waals surface area contributed by atoms with Gasteiger partial charge in [-0.05, 0) is 56.3 Å². The summed E-state index contributed by atoms with van der Waals surface area (Å²) in [4.78, 5) is 1.24. The molecule has 0 amide bonds. The lowest BCUT2D eigenvalue weighted by Crippen LogP contribution is -2.18. The molecule has 0 aliphatic rings. The smallest absolute Gasteiger partial charge is 0.0590 e. The quantitative estimate of drug-likeness (QED) is 0.851. The fraction of sp³-hybridized carbons (Fsp3) is 0.375. The molecule has 3 heteroatoms. The van der Waals surface area contributed by atoms with Gasteiger partial charge in [-0.2, -0.15) is 0 Å². The molecule has 102 valence electrons. The highest BCUT2D eigenvalue weighted by Gasteiger charge is 2.17. The van der Waals surface area contributed by atoms with Crippen LogP contribution in [0.1, 0.15) is 33.2 Å². The van der Waals surface area contributed by atoms with Crippen LogP contribution in [0.3, 0.4) is 0 Å². The molecule has 0 saturated carbocycles. The monoisotopic (exact) mass is 293 g/mol. The molecule has 1 aromatic heterocycles. The van der Waals surface area contributed by atoms with Crippen molar-refractivity contribution in [2.75, 3.05) is 7.05 Å². The predicted molar refractivity (Wildman–Crippen MR) is 85.5 cm³/mol. The second-order valence-electron chi connectivity index (χ2n) is 5.07. The van der Waals surface area contributed by atoms with Crippen molar-refractivity contribution in [3.63, 3.8) is 0 Å². The molecule has 0 aliphatic carbocycles. The van der Waals surface area contributed by atoms with Gasteiger partial charge in [-0.3, -0.25) is 0 Å². The molecule has 1 N–H and O–H groups in total. The molecular weight excluding hydrogens is 274 g/mol. The molecule has 1 heterocycles. The van der Waals surface area contributed by atoms with Crippen LogP contribution in [-0.2, 0) is 6.42 Å². The van der Waals surface area contributed by atoms with E-state index in [0.29, 0.717) is 0 Å². The van der Waals surface area contributed by atoms with Crippen LogP contribution in [0.4, 0.5) is 0 Å². The summed E-state index contributed by atoms with van der Waals surface area (Å²) in [6.45, 7) is 6.37. The molecule has 19 heavy (non-hydrogen) atoms. The molecule has 2 aromatic rings. The van der Waals surface area contributed by atoms with Crippen molar-refractivity contribution in [1.82, 2.24) is 5.32 Å². The van der Waals surface area contributed by atoms with Gasteiger partial charge in [-0.25, -0.2) is 0 Å². The molecule has 0 fully saturated rings. The Bertz CT molecular complexity index is 574. The molecule has 0 bridgehead atoms.